The third-order valence-corrected chi connectivity index (χ3v) is 4.34. The number of aliphatic hydroxyl groups is 1. The van der Waals surface area contributed by atoms with Crippen molar-refractivity contribution in [3.8, 4) is 0 Å². The maximum absolute atomic E-state index is 11.0. The normalized spacial score (nSPS) is 16.5. The minimum absolute atomic E-state index is 0.240. The molecule has 17 heavy (non-hydrogen) atoms. The van der Waals surface area contributed by atoms with E-state index in [4.69, 9.17) is 10.2 Å². The summed E-state index contributed by atoms with van der Waals surface area (Å²) in [5.41, 5.74) is -0.803. The van der Waals surface area contributed by atoms with Gasteiger partial charge in [-0.3, -0.25) is 4.79 Å². The molecule has 2 atom stereocenters. The number of carbonyl (C=O) groups is 1. The number of carboxylic acids is 1. The minimum atomic E-state index is -0.803. The lowest BCUT2D eigenvalue weighted by Gasteiger charge is -2.23. The van der Waals surface area contributed by atoms with E-state index < -0.39 is 11.5 Å². The first-order valence-electron chi connectivity index (χ1n) is 6.07. The molecule has 3 N–H and O–H groups in total. The van der Waals surface area contributed by atoms with Crippen molar-refractivity contribution in [2.24, 2.45) is 5.92 Å². The molecule has 0 bridgehead atoms. The lowest BCUT2D eigenvalue weighted by atomic mass is 9.95. The molecule has 0 aromatic rings. The third-order valence-electron chi connectivity index (χ3n) is 2.95. The fourth-order valence-corrected chi connectivity index (χ4v) is 2.44. The van der Waals surface area contributed by atoms with Gasteiger partial charge in [0, 0.05) is 6.61 Å². The van der Waals surface area contributed by atoms with E-state index in [9.17, 15) is 4.79 Å². The van der Waals surface area contributed by atoms with Crippen molar-refractivity contribution in [1.82, 2.24) is 5.32 Å². The zero-order valence-electron chi connectivity index (χ0n) is 11.0. The number of hydrogen-bond acceptors (Lipinski definition) is 4. The Balaban J connectivity index is 3.60. The highest BCUT2D eigenvalue weighted by Crippen LogP contribution is 2.16. The Hall–Kier alpha value is -0.260. The van der Waals surface area contributed by atoms with E-state index in [1.807, 2.05) is 18.7 Å². The fraction of sp³-hybridized carbons (Fsp3) is 0.917. The molecule has 0 heterocycles. The number of aliphatic carboxylic acids is 1. The van der Waals surface area contributed by atoms with Gasteiger partial charge in [-0.05, 0) is 44.2 Å². The molecule has 2 unspecified atom stereocenters. The molecule has 0 saturated heterocycles. The molecular formula is C12H25NO3S. The number of nitrogens with one attached hydrogen (secondary N) is 1. The van der Waals surface area contributed by atoms with Crippen LogP contribution in [0.2, 0.25) is 0 Å². The van der Waals surface area contributed by atoms with Gasteiger partial charge in [-0.25, -0.2) is 0 Å². The Bertz CT molecular complexity index is 226. The average Bonchev–Trinajstić information content (AvgIpc) is 2.32. The molecule has 0 radical (unpaired) electrons. The van der Waals surface area contributed by atoms with Crippen LogP contribution in [0.3, 0.4) is 0 Å². The second-order valence-corrected chi connectivity index (χ2v) is 5.86. The van der Waals surface area contributed by atoms with Crippen molar-refractivity contribution >= 4 is 17.7 Å². The summed E-state index contributed by atoms with van der Waals surface area (Å²) in [7, 11) is 1.69. The second kappa shape index (κ2) is 8.78. The Morgan fingerprint density at radius 1 is 1.47 bits per heavy atom. The van der Waals surface area contributed by atoms with Gasteiger partial charge in [0.1, 0.15) is 5.54 Å². The van der Waals surface area contributed by atoms with Crippen LogP contribution in [0.5, 0.6) is 0 Å². The second-order valence-electron chi connectivity index (χ2n) is 4.71. The fourth-order valence-electron chi connectivity index (χ4n) is 1.36. The van der Waals surface area contributed by atoms with Gasteiger partial charge in [-0.1, -0.05) is 13.3 Å². The maximum Gasteiger partial charge on any atom is 0.323 e. The Kier molecular flexibility index (Phi) is 8.64. The molecule has 0 aliphatic carbocycles. The molecule has 0 rings (SSSR count). The van der Waals surface area contributed by atoms with Crippen LogP contribution in [0.15, 0.2) is 0 Å². The van der Waals surface area contributed by atoms with E-state index in [2.05, 4.69) is 5.32 Å². The van der Waals surface area contributed by atoms with E-state index in [-0.39, 0.29) is 6.61 Å². The number of likely N-dealkylation sites (N-methyl/N-ethyl adjacent to an activating group) is 1. The molecule has 0 fully saturated rings. The zero-order valence-corrected chi connectivity index (χ0v) is 11.8. The first kappa shape index (κ1) is 16.7. The molecular weight excluding hydrogens is 238 g/mol. The summed E-state index contributed by atoms with van der Waals surface area (Å²) in [6.07, 6.45) is 2.58. The molecule has 4 nitrogen and oxygen atoms in total. The SMILES string of the molecule is CNC(C)(CCCCSCC(C)CO)C(=O)O. The lowest BCUT2D eigenvalue weighted by Crippen LogP contribution is -2.47. The third kappa shape index (κ3) is 6.91. The predicted octanol–water partition coefficient (Wildman–Crippen LogP) is 1.58. The van der Waals surface area contributed by atoms with E-state index in [0.717, 1.165) is 24.3 Å². The topological polar surface area (TPSA) is 69.6 Å². The van der Waals surface area contributed by atoms with Gasteiger partial charge in [0.25, 0.3) is 0 Å². The van der Waals surface area contributed by atoms with Crippen molar-refractivity contribution in [2.75, 3.05) is 25.2 Å². The number of rotatable bonds is 10. The quantitative estimate of drug-likeness (QED) is 0.522. The van der Waals surface area contributed by atoms with Crippen molar-refractivity contribution < 1.29 is 15.0 Å². The Morgan fingerprint density at radius 3 is 2.59 bits per heavy atom. The van der Waals surface area contributed by atoms with Gasteiger partial charge >= 0.3 is 5.97 Å². The summed E-state index contributed by atoms with van der Waals surface area (Å²) in [6.45, 7) is 3.98. The summed E-state index contributed by atoms with van der Waals surface area (Å²) in [4.78, 5) is 11.0. The van der Waals surface area contributed by atoms with Crippen molar-refractivity contribution in [3.63, 3.8) is 0 Å². The number of hydrogen-bond donors (Lipinski definition) is 3. The molecule has 0 amide bonds. The van der Waals surface area contributed by atoms with Crippen molar-refractivity contribution in [3.05, 3.63) is 0 Å². The van der Waals surface area contributed by atoms with E-state index >= 15 is 0 Å². The largest absolute Gasteiger partial charge is 0.480 e. The van der Waals surface area contributed by atoms with Crippen LogP contribution < -0.4 is 5.32 Å². The molecule has 5 heteroatoms. The van der Waals surface area contributed by atoms with Gasteiger partial charge in [0.15, 0.2) is 0 Å². The van der Waals surface area contributed by atoms with Gasteiger partial charge in [-0.2, -0.15) is 11.8 Å². The van der Waals surface area contributed by atoms with Crippen LogP contribution in [-0.4, -0.2) is 46.9 Å². The summed E-state index contributed by atoms with van der Waals surface area (Å²) in [5.74, 6) is 1.56. The number of unbranched alkanes of at least 4 members (excludes halogenated alkanes) is 1. The van der Waals surface area contributed by atoms with Crippen LogP contribution in [0, 0.1) is 5.92 Å². The van der Waals surface area contributed by atoms with Crippen molar-refractivity contribution in [2.45, 2.75) is 38.6 Å². The number of carboxylic acid groups (broad SMARTS) is 1. The highest BCUT2D eigenvalue weighted by atomic mass is 32.2. The first-order chi connectivity index (χ1) is 7.96. The highest BCUT2D eigenvalue weighted by Gasteiger charge is 2.29. The van der Waals surface area contributed by atoms with E-state index in [1.54, 1.807) is 14.0 Å². The first-order valence-corrected chi connectivity index (χ1v) is 7.22. The standard InChI is InChI=1S/C12H25NO3S/c1-10(8-14)9-17-7-5-4-6-12(2,13-3)11(15)16/h10,13-14H,4-9H2,1-3H3,(H,15,16). The molecule has 0 spiro atoms. The molecule has 0 aromatic heterocycles. The van der Waals surface area contributed by atoms with Gasteiger partial charge in [0.05, 0.1) is 0 Å². The Morgan fingerprint density at radius 2 is 2.12 bits per heavy atom. The maximum atomic E-state index is 11.0. The van der Waals surface area contributed by atoms with Crippen molar-refractivity contribution in [1.29, 1.82) is 0 Å². The monoisotopic (exact) mass is 263 g/mol. The summed E-state index contributed by atoms with van der Waals surface area (Å²) in [6, 6.07) is 0. The summed E-state index contributed by atoms with van der Waals surface area (Å²) >= 11 is 1.82. The predicted molar refractivity (Wildman–Crippen MR) is 72.5 cm³/mol. The molecule has 0 aromatic carbocycles. The minimum Gasteiger partial charge on any atom is -0.480 e. The highest BCUT2D eigenvalue weighted by molar-refractivity contribution is 7.99. The van der Waals surface area contributed by atoms with Crippen LogP contribution in [0.1, 0.15) is 33.1 Å². The van der Waals surface area contributed by atoms with Crippen LogP contribution in [0.25, 0.3) is 0 Å². The van der Waals surface area contributed by atoms with Crippen LogP contribution >= 0.6 is 11.8 Å². The average molecular weight is 263 g/mol. The van der Waals surface area contributed by atoms with Gasteiger partial charge in [0.2, 0.25) is 0 Å². The Labute approximate surface area is 108 Å². The van der Waals surface area contributed by atoms with Gasteiger partial charge < -0.3 is 15.5 Å². The summed E-state index contributed by atoms with van der Waals surface area (Å²) < 4.78 is 0. The zero-order chi connectivity index (χ0) is 13.3. The van der Waals surface area contributed by atoms with E-state index in [0.29, 0.717) is 12.3 Å². The lowest BCUT2D eigenvalue weighted by molar-refractivity contribution is -0.144. The number of thioether (sulfide) groups is 1. The molecule has 0 saturated carbocycles. The molecule has 102 valence electrons. The molecule has 0 aliphatic rings. The van der Waals surface area contributed by atoms with E-state index in [1.165, 1.54) is 0 Å². The number of aliphatic hydroxyl groups excluding tert-OH is 1. The molecule has 0 aliphatic heterocycles. The van der Waals surface area contributed by atoms with Gasteiger partial charge in [-0.15, -0.1) is 0 Å². The smallest absolute Gasteiger partial charge is 0.323 e. The van der Waals surface area contributed by atoms with Crippen LogP contribution in [0.4, 0.5) is 0 Å². The summed E-state index contributed by atoms with van der Waals surface area (Å²) in [5, 5.41) is 20.8. The van der Waals surface area contributed by atoms with Crippen LogP contribution in [-0.2, 0) is 4.79 Å².